The zero-order valence-corrected chi connectivity index (χ0v) is 13.3. The molecule has 0 bridgehead atoms. The smallest absolute Gasteiger partial charge is 0.326 e. The average Bonchev–Trinajstić information content (AvgIpc) is 2.36. The predicted octanol–water partition coefficient (Wildman–Crippen LogP) is 3.36. The van der Waals surface area contributed by atoms with E-state index in [9.17, 15) is 14.7 Å². The number of halogens is 1. The standard InChI is InChI=1S/C16H20ClNO3/c1-10-9-11(17)5-6-12(10)14(19)18-8-4-7-16(2,3)13(18)15(20)21/h5-6,9,13H,4,7-8H2,1-3H3,(H,20,21). The second kappa shape index (κ2) is 5.68. The van der Waals surface area contributed by atoms with Gasteiger partial charge in [-0.3, -0.25) is 4.79 Å². The lowest BCUT2D eigenvalue weighted by Gasteiger charge is -2.44. The summed E-state index contributed by atoms with van der Waals surface area (Å²) in [5.74, 6) is -1.18. The van der Waals surface area contributed by atoms with Crippen LogP contribution in [0.3, 0.4) is 0 Å². The summed E-state index contributed by atoms with van der Waals surface area (Å²) in [4.78, 5) is 25.9. The average molecular weight is 310 g/mol. The van der Waals surface area contributed by atoms with Gasteiger partial charge in [-0.1, -0.05) is 25.4 Å². The molecule has 1 unspecified atom stereocenters. The summed E-state index contributed by atoms with van der Waals surface area (Å²) in [6, 6.07) is 4.25. The number of piperidine rings is 1. The minimum atomic E-state index is -0.945. The Balaban J connectivity index is 2.38. The summed E-state index contributed by atoms with van der Waals surface area (Å²) in [6.45, 7) is 6.09. The van der Waals surface area contributed by atoms with E-state index >= 15 is 0 Å². The Morgan fingerprint density at radius 1 is 1.38 bits per heavy atom. The van der Waals surface area contributed by atoms with Crippen LogP contribution < -0.4 is 0 Å². The van der Waals surface area contributed by atoms with Gasteiger partial charge in [-0.15, -0.1) is 0 Å². The monoisotopic (exact) mass is 309 g/mol. The molecule has 0 aliphatic carbocycles. The lowest BCUT2D eigenvalue weighted by Crippen LogP contribution is -2.56. The first kappa shape index (κ1) is 15.8. The van der Waals surface area contributed by atoms with E-state index in [4.69, 9.17) is 11.6 Å². The molecule has 0 saturated carbocycles. The van der Waals surface area contributed by atoms with Crippen LogP contribution in [0.1, 0.15) is 42.6 Å². The molecule has 1 aliphatic rings. The van der Waals surface area contributed by atoms with Crippen molar-refractivity contribution in [2.75, 3.05) is 6.54 Å². The zero-order valence-electron chi connectivity index (χ0n) is 12.5. The second-order valence-corrected chi connectivity index (χ2v) is 6.73. The molecule has 1 aliphatic heterocycles. The van der Waals surface area contributed by atoms with Crippen LogP contribution >= 0.6 is 11.6 Å². The number of aryl methyl sites for hydroxylation is 1. The van der Waals surface area contributed by atoms with Gasteiger partial charge < -0.3 is 10.0 Å². The summed E-state index contributed by atoms with van der Waals surface area (Å²) in [6.07, 6.45) is 1.61. The lowest BCUT2D eigenvalue weighted by atomic mass is 9.76. The highest BCUT2D eigenvalue weighted by atomic mass is 35.5. The minimum absolute atomic E-state index is 0.232. The quantitative estimate of drug-likeness (QED) is 0.911. The molecule has 1 fully saturated rings. The zero-order chi connectivity index (χ0) is 15.8. The molecule has 1 aromatic rings. The predicted molar refractivity (Wildman–Crippen MR) is 81.7 cm³/mol. The molecule has 1 atom stereocenters. The van der Waals surface area contributed by atoms with Crippen LogP contribution in [0, 0.1) is 12.3 Å². The van der Waals surface area contributed by atoms with E-state index in [0.29, 0.717) is 17.1 Å². The van der Waals surface area contributed by atoms with Crippen LogP contribution in [-0.2, 0) is 4.79 Å². The van der Waals surface area contributed by atoms with Crippen LogP contribution in [-0.4, -0.2) is 34.5 Å². The molecule has 21 heavy (non-hydrogen) atoms. The molecule has 4 nitrogen and oxygen atoms in total. The van der Waals surface area contributed by atoms with Gasteiger partial charge in [-0.05, 0) is 48.9 Å². The number of carbonyl (C=O) groups is 2. The number of benzene rings is 1. The van der Waals surface area contributed by atoms with Gasteiger partial charge in [0.1, 0.15) is 6.04 Å². The van der Waals surface area contributed by atoms with Crippen molar-refractivity contribution >= 4 is 23.5 Å². The molecular weight excluding hydrogens is 290 g/mol. The molecule has 0 spiro atoms. The van der Waals surface area contributed by atoms with Crippen LogP contribution in [0.5, 0.6) is 0 Å². The minimum Gasteiger partial charge on any atom is -0.480 e. The molecule has 0 radical (unpaired) electrons. The molecule has 0 aromatic heterocycles. The summed E-state index contributed by atoms with van der Waals surface area (Å²) < 4.78 is 0. The van der Waals surface area contributed by atoms with Crippen molar-refractivity contribution in [3.8, 4) is 0 Å². The number of carboxylic acids is 1. The van der Waals surface area contributed by atoms with E-state index in [1.54, 1.807) is 18.2 Å². The fourth-order valence-electron chi connectivity index (χ4n) is 3.10. The number of aliphatic carboxylic acids is 1. The molecule has 1 amide bonds. The Bertz CT molecular complexity index is 583. The van der Waals surface area contributed by atoms with Gasteiger partial charge in [0.15, 0.2) is 0 Å². The number of carbonyl (C=O) groups excluding carboxylic acids is 1. The highest BCUT2D eigenvalue weighted by molar-refractivity contribution is 6.30. The Morgan fingerprint density at radius 3 is 2.62 bits per heavy atom. The van der Waals surface area contributed by atoms with Gasteiger partial charge in [0, 0.05) is 17.1 Å². The first-order valence-corrected chi connectivity index (χ1v) is 7.42. The summed E-state index contributed by atoms with van der Waals surface area (Å²) >= 11 is 5.91. The molecule has 114 valence electrons. The Morgan fingerprint density at radius 2 is 2.05 bits per heavy atom. The largest absolute Gasteiger partial charge is 0.480 e. The summed E-state index contributed by atoms with van der Waals surface area (Å²) in [7, 11) is 0. The number of rotatable bonds is 2. The van der Waals surface area contributed by atoms with Gasteiger partial charge in [-0.2, -0.15) is 0 Å². The van der Waals surface area contributed by atoms with Crippen LogP contribution in [0.25, 0.3) is 0 Å². The van der Waals surface area contributed by atoms with Crippen molar-refractivity contribution in [3.63, 3.8) is 0 Å². The molecule has 1 heterocycles. The van der Waals surface area contributed by atoms with Crippen molar-refractivity contribution in [3.05, 3.63) is 34.3 Å². The third-order valence-electron chi connectivity index (χ3n) is 4.19. The molecular formula is C16H20ClNO3. The van der Waals surface area contributed by atoms with E-state index in [0.717, 1.165) is 18.4 Å². The topological polar surface area (TPSA) is 57.6 Å². The molecule has 1 saturated heterocycles. The Labute approximate surface area is 129 Å². The van der Waals surface area contributed by atoms with Gasteiger partial charge in [-0.25, -0.2) is 4.79 Å². The number of likely N-dealkylation sites (tertiary alicyclic amines) is 1. The van der Waals surface area contributed by atoms with Gasteiger partial charge >= 0.3 is 5.97 Å². The van der Waals surface area contributed by atoms with Crippen molar-refractivity contribution in [1.82, 2.24) is 4.90 Å². The normalized spacial score (nSPS) is 21.1. The van der Waals surface area contributed by atoms with E-state index in [2.05, 4.69) is 0 Å². The van der Waals surface area contributed by atoms with Gasteiger partial charge in [0.2, 0.25) is 0 Å². The SMILES string of the molecule is Cc1cc(Cl)ccc1C(=O)N1CCCC(C)(C)C1C(=O)O. The Hall–Kier alpha value is -1.55. The molecule has 1 aromatic carbocycles. The third kappa shape index (κ3) is 3.05. The summed E-state index contributed by atoms with van der Waals surface area (Å²) in [5.41, 5.74) is 0.850. The van der Waals surface area contributed by atoms with Crippen molar-refractivity contribution in [2.45, 2.75) is 39.7 Å². The van der Waals surface area contributed by atoms with Crippen molar-refractivity contribution < 1.29 is 14.7 Å². The first-order chi connectivity index (χ1) is 9.74. The van der Waals surface area contributed by atoms with Crippen molar-refractivity contribution in [1.29, 1.82) is 0 Å². The number of hydrogen-bond donors (Lipinski definition) is 1. The second-order valence-electron chi connectivity index (χ2n) is 6.29. The van der Waals surface area contributed by atoms with E-state index in [-0.39, 0.29) is 5.91 Å². The molecule has 1 N–H and O–H groups in total. The fourth-order valence-corrected chi connectivity index (χ4v) is 3.33. The Kier molecular flexibility index (Phi) is 4.28. The fraction of sp³-hybridized carbons (Fsp3) is 0.500. The van der Waals surface area contributed by atoms with E-state index in [1.807, 2.05) is 20.8 Å². The van der Waals surface area contributed by atoms with E-state index in [1.165, 1.54) is 4.90 Å². The number of nitrogens with zero attached hydrogens (tertiary/aromatic N) is 1. The number of amides is 1. The summed E-state index contributed by atoms with van der Waals surface area (Å²) in [5, 5.41) is 10.1. The van der Waals surface area contributed by atoms with Crippen LogP contribution in [0.4, 0.5) is 0 Å². The van der Waals surface area contributed by atoms with E-state index < -0.39 is 17.4 Å². The van der Waals surface area contributed by atoms with Crippen LogP contribution in [0.15, 0.2) is 18.2 Å². The number of hydrogen-bond acceptors (Lipinski definition) is 2. The van der Waals surface area contributed by atoms with Crippen LogP contribution in [0.2, 0.25) is 5.02 Å². The highest BCUT2D eigenvalue weighted by Gasteiger charge is 2.44. The maximum absolute atomic E-state index is 12.8. The highest BCUT2D eigenvalue weighted by Crippen LogP contribution is 2.36. The van der Waals surface area contributed by atoms with Crippen molar-refractivity contribution in [2.24, 2.45) is 5.41 Å². The molecule has 5 heteroatoms. The maximum Gasteiger partial charge on any atom is 0.326 e. The van der Waals surface area contributed by atoms with Gasteiger partial charge in [0.05, 0.1) is 0 Å². The third-order valence-corrected chi connectivity index (χ3v) is 4.42. The lowest BCUT2D eigenvalue weighted by molar-refractivity contribution is -0.148. The molecule has 2 rings (SSSR count). The first-order valence-electron chi connectivity index (χ1n) is 7.04. The maximum atomic E-state index is 12.8. The number of carboxylic acid groups (broad SMARTS) is 1. The van der Waals surface area contributed by atoms with Gasteiger partial charge in [0.25, 0.3) is 5.91 Å².